The Morgan fingerprint density at radius 3 is 2.64 bits per heavy atom. The van der Waals surface area contributed by atoms with E-state index in [1.807, 2.05) is 37.4 Å². The van der Waals surface area contributed by atoms with Crippen molar-refractivity contribution in [2.24, 2.45) is 0 Å². The highest BCUT2D eigenvalue weighted by molar-refractivity contribution is 6.32. The molecule has 0 bridgehead atoms. The lowest BCUT2D eigenvalue weighted by Crippen LogP contribution is -3.00. The highest BCUT2D eigenvalue weighted by Gasteiger charge is 2.11. The van der Waals surface area contributed by atoms with Crippen LogP contribution in [-0.2, 0) is 13.1 Å². The molecule has 1 N–H and O–H groups in total. The molecule has 120 valence electrons. The molecule has 0 spiro atoms. The summed E-state index contributed by atoms with van der Waals surface area (Å²) < 4.78 is 10.8. The fourth-order valence-electron chi connectivity index (χ4n) is 2.01. The molecule has 1 aromatic carbocycles. The van der Waals surface area contributed by atoms with E-state index in [0.717, 1.165) is 17.7 Å². The highest BCUT2D eigenvalue weighted by Crippen LogP contribution is 2.36. The van der Waals surface area contributed by atoms with Crippen LogP contribution in [0.3, 0.4) is 0 Å². The lowest BCUT2D eigenvalue weighted by molar-refractivity contribution is -0.00000504. The monoisotopic (exact) mass is 341 g/mol. The number of methoxy groups -OCH3 is 1. The summed E-state index contributed by atoms with van der Waals surface area (Å²) in [6.45, 7) is 3.91. The van der Waals surface area contributed by atoms with Gasteiger partial charge in [0, 0.05) is 25.5 Å². The van der Waals surface area contributed by atoms with Crippen molar-refractivity contribution in [2.45, 2.75) is 20.0 Å². The van der Waals surface area contributed by atoms with Gasteiger partial charge in [-0.05, 0) is 36.2 Å². The van der Waals surface area contributed by atoms with Gasteiger partial charge >= 0.3 is 0 Å². The minimum absolute atomic E-state index is 0. The first-order valence-corrected chi connectivity index (χ1v) is 7.21. The van der Waals surface area contributed by atoms with Crippen LogP contribution < -0.4 is 27.2 Å². The molecule has 0 atom stereocenters. The summed E-state index contributed by atoms with van der Waals surface area (Å²) in [7, 11) is 1.61. The number of pyridine rings is 1. The Bertz CT molecular complexity index is 580. The molecule has 0 unspecified atom stereocenters. The molecule has 0 fully saturated rings. The van der Waals surface area contributed by atoms with Gasteiger partial charge in [-0.25, -0.2) is 0 Å². The smallest absolute Gasteiger partial charge is 0.179 e. The van der Waals surface area contributed by atoms with E-state index in [9.17, 15) is 0 Å². The first kappa shape index (κ1) is 18.6. The van der Waals surface area contributed by atoms with Gasteiger partial charge in [0.2, 0.25) is 0 Å². The third kappa shape index (κ3) is 5.05. The SMILES string of the molecule is CCOc1c(Cl)cc(CNCc2cccnc2)cc1OC.[Cl-]. The van der Waals surface area contributed by atoms with Crippen molar-refractivity contribution < 1.29 is 21.9 Å². The molecule has 0 radical (unpaired) electrons. The quantitative estimate of drug-likeness (QED) is 0.793. The summed E-state index contributed by atoms with van der Waals surface area (Å²) >= 11 is 6.25. The Morgan fingerprint density at radius 2 is 2.00 bits per heavy atom. The fraction of sp³-hybridized carbons (Fsp3) is 0.312. The normalized spacial score (nSPS) is 9.95. The summed E-state index contributed by atoms with van der Waals surface area (Å²) in [6, 6.07) is 7.79. The second-order valence-corrected chi connectivity index (χ2v) is 4.91. The van der Waals surface area contributed by atoms with Gasteiger partial charge in [-0.15, -0.1) is 0 Å². The first-order valence-electron chi connectivity index (χ1n) is 6.83. The Labute approximate surface area is 142 Å². The molecule has 6 heteroatoms. The van der Waals surface area contributed by atoms with Crippen molar-refractivity contribution in [3.05, 3.63) is 52.8 Å². The predicted molar refractivity (Wildman–Crippen MR) is 84.0 cm³/mol. The third-order valence-corrected chi connectivity index (χ3v) is 3.24. The molecule has 0 aliphatic carbocycles. The summed E-state index contributed by atoms with van der Waals surface area (Å²) in [4.78, 5) is 4.09. The number of ether oxygens (including phenoxy) is 2. The molecule has 0 aliphatic heterocycles. The van der Waals surface area contributed by atoms with Crippen molar-refractivity contribution in [2.75, 3.05) is 13.7 Å². The van der Waals surface area contributed by atoms with Gasteiger partial charge < -0.3 is 27.2 Å². The van der Waals surface area contributed by atoms with Crippen molar-refractivity contribution in [1.29, 1.82) is 0 Å². The van der Waals surface area contributed by atoms with Crippen LogP contribution in [0.1, 0.15) is 18.1 Å². The molecular weight excluding hydrogens is 323 g/mol. The molecule has 1 aromatic heterocycles. The average molecular weight is 342 g/mol. The third-order valence-electron chi connectivity index (χ3n) is 2.96. The van der Waals surface area contributed by atoms with Gasteiger partial charge in [-0.1, -0.05) is 17.7 Å². The molecule has 2 rings (SSSR count). The van der Waals surface area contributed by atoms with Crippen LogP contribution in [0.4, 0.5) is 0 Å². The molecule has 1 heterocycles. The van der Waals surface area contributed by atoms with Gasteiger partial charge in [-0.2, -0.15) is 0 Å². The second-order valence-electron chi connectivity index (χ2n) is 4.51. The van der Waals surface area contributed by atoms with Gasteiger partial charge in [-0.3, -0.25) is 4.98 Å². The second kappa shape index (κ2) is 9.51. The Morgan fingerprint density at radius 1 is 1.23 bits per heavy atom. The largest absolute Gasteiger partial charge is 1.00 e. The Hall–Kier alpha value is -1.49. The number of nitrogens with one attached hydrogen (secondary N) is 1. The van der Waals surface area contributed by atoms with Crippen molar-refractivity contribution in [3.63, 3.8) is 0 Å². The number of halogens is 2. The number of aromatic nitrogens is 1. The maximum atomic E-state index is 6.25. The lowest BCUT2D eigenvalue weighted by atomic mass is 10.2. The maximum Gasteiger partial charge on any atom is 0.179 e. The van der Waals surface area contributed by atoms with Crippen LogP contribution in [0.2, 0.25) is 5.02 Å². The zero-order valence-corrected chi connectivity index (χ0v) is 14.1. The molecule has 4 nitrogen and oxygen atoms in total. The Balaban J connectivity index is 0.00000242. The van der Waals surface area contributed by atoms with Crippen LogP contribution in [0.15, 0.2) is 36.7 Å². The number of benzene rings is 1. The van der Waals surface area contributed by atoms with Gasteiger partial charge in [0.1, 0.15) is 0 Å². The summed E-state index contributed by atoms with van der Waals surface area (Å²) in [5, 5.41) is 3.92. The Kier molecular flexibility index (Phi) is 8.02. The number of hydrogen-bond acceptors (Lipinski definition) is 4. The van der Waals surface area contributed by atoms with Crippen molar-refractivity contribution >= 4 is 11.6 Å². The minimum atomic E-state index is 0. The molecule has 2 aromatic rings. The highest BCUT2D eigenvalue weighted by atomic mass is 35.5. The predicted octanol–water partition coefficient (Wildman–Crippen LogP) is 0.436. The molecule has 22 heavy (non-hydrogen) atoms. The van der Waals surface area contributed by atoms with E-state index >= 15 is 0 Å². The van der Waals surface area contributed by atoms with E-state index in [4.69, 9.17) is 21.1 Å². The van der Waals surface area contributed by atoms with E-state index in [-0.39, 0.29) is 12.4 Å². The maximum absolute atomic E-state index is 6.25. The molecule has 0 saturated carbocycles. The van der Waals surface area contributed by atoms with Crippen molar-refractivity contribution in [3.8, 4) is 11.5 Å². The van der Waals surface area contributed by atoms with Crippen LogP contribution in [0.25, 0.3) is 0 Å². The van der Waals surface area contributed by atoms with E-state index in [1.165, 1.54) is 0 Å². The molecule has 0 aliphatic rings. The topological polar surface area (TPSA) is 43.4 Å². The van der Waals surface area contributed by atoms with Crippen LogP contribution in [0.5, 0.6) is 11.5 Å². The van der Waals surface area contributed by atoms with E-state index in [2.05, 4.69) is 10.3 Å². The van der Waals surface area contributed by atoms with E-state index in [0.29, 0.717) is 29.7 Å². The van der Waals surface area contributed by atoms with Gasteiger partial charge in [0.05, 0.1) is 18.7 Å². The standard InChI is InChI=1S/C16H19ClN2O2.ClH/c1-3-21-16-14(17)7-13(8-15(16)20-2)11-19-10-12-5-4-6-18-9-12;/h4-9,19H,3,10-11H2,1-2H3;1H/p-1. The minimum Gasteiger partial charge on any atom is -1.00 e. The van der Waals surface area contributed by atoms with E-state index in [1.54, 1.807) is 13.3 Å². The molecule has 0 saturated heterocycles. The summed E-state index contributed by atoms with van der Waals surface area (Å²) in [5.41, 5.74) is 2.19. The number of nitrogens with zero attached hydrogens (tertiary/aromatic N) is 1. The number of rotatable bonds is 7. The first-order chi connectivity index (χ1) is 10.2. The van der Waals surface area contributed by atoms with Crippen molar-refractivity contribution in [1.82, 2.24) is 10.3 Å². The van der Waals surface area contributed by atoms with E-state index < -0.39 is 0 Å². The lowest BCUT2D eigenvalue weighted by Gasteiger charge is -2.13. The summed E-state index contributed by atoms with van der Waals surface area (Å²) in [6.07, 6.45) is 3.61. The average Bonchev–Trinajstić information content (AvgIpc) is 2.51. The molecule has 0 amide bonds. The molecular formula is C16H19Cl2N2O2-. The van der Waals surface area contributed by atoms with Crippen LogP contribution in [-0.4, -0.2) is 18.7 Å². The number of hydrogen-bond donors (Lipinski definition) is 1. The fourth-order valence-corrected chi connectivity index (χ4v) is 2.30. The van der Waals surface area contributed by atoms with Crippen LogP contribution in [0, 0.1) is 0 Å². The van der Waals surface area contributed by atoms with Gasteiger partial charge in [0.15, 0.2) is 11.5 Å². The van der Waals surface area contributed by atoms with Crippen LogP contribution >= 0.6 is 11.6 Å². The zero-order valence-electron chi connectivity index (χ0n) is 12.6. The summed E-state index contributed by atoms with van der Waals surface area (Å²) in [5.74, 6) is 1.25. The zero-order chi connectivity index (χ0) is 15.1. The van der Waals surface area contributed by atoms with Gasteiger partial charge in [0.25, 0.3) is 0 Å².